The predicted molar refractivity (Wildman–Crippen MR) is 77.5 cm³/mol. The molecule has 0 amide bonds. The number of nitrogens with zero attached hydrogens (tertiary/aromatic N) is 1. The Balaban J connectivity index is 2.17. The highest BCUT2D eigenvalue weighted by Gasteiger charge is 2.15. The van der Waals surface area contributed by atoms with Crippen molar-refractivity contribution in [2.24, 2.45) is 0 Å². The first kappa shape index (κ1) is 14.5. The number of carbonyl (C=O) groups is 1. The van der Waals surface area contributed by atoms with E-state index in [2.05, 4.69) is 0 Å². The lowest BCUT2D eigenvalue weighted by atomic mass is 10.2. The topological polar surface area (TPSA) is 30.2 Å². The zero-order chi connectivity index (χ0) is 14.4. The zero-order valence-corrected chi connectivity index (χ0v) is 12.1. The average Bonchev–Trinajstić information content (AvgIpc) is 2.41. The molecule has 4 heteroatoms. The number of benzene rings is 1. The maximum atomic E-state index is 11.6. The van der Waals surface area contributed by atoms with Crippen LogP contribution in [0.5, 0.6) is 0 Å². The summed E-state index contributed by atoms with van der Waals surface area (Å²) in [5.74, 6) is -0.210. The number of pyridine rings is 1. The molecular weight excluding hydrogens is 274 g/mol. The smallest absolute Gasteiger partial charge is 0.316 e. The summed E-state index contributed by atoms with van der Waals surface area (Å²) in [5.41, 5.74) is 2.02. The lowest BCUT2D eigenvalue weighted by Gasteiger charge is -2.04. The molecule has 1 aromatic heterocycles. The van der Waals surface area contributed by atoms with Crippen molar-refractivity contribution in [3.05, 3.63) is 64.9 Å². The number of ether oxygens (including phenoxy) is 1. The summed E-state index contributed by atoms with van der Waals surface area (Å²) in [6.45, 7) is 2.89. The van der Waals surface area contributed by atoms with Crippen molar-refractivity contribution in [2.45, 2.75) is 19.9 Å². The van der Waals surface area contributed by atoms with Gasteiger partial charge in [-0.1, -0.05) is 29.8 Å². The lowest BCUT2D eigenvalue weighted by molar-refractivity contribution is -0.695. The second kappa shape index (κ2) is 7.06. The molecule has 20 heavy (non-hydrogen) atoms. The molecule has 1 aromatic carbocycles. The number of hydrogen-bond donors (Lipinski definition) is 0. The Labute approximate surface area is 123 Å². The van der Waals surface area contributed by atoms with E-state index in [4.69, 9.17) is 16.3 Å². The highest BCUT2D eigenvalue weighted by molar-refractivity contribution is 6.30. The van der Waals surface area contributed by atoms with Crippen LogP contribution in [0.4, 0.5) is 0 Å². The van der Waals surface area contributed by atoms with Crippen LogP contribution in [0.25, 0.3) is 0 Å². The quantitative estimate of drug-likeness (QED) is 0.626. The number of hydrogen-bond acceptors (Lipinski definition) is 2. The maximum absolute atomic E-state index is 11.6. The maximum Gasteiger partial charge on any atom is 0.316 e. The van der Waals surface area contributed by atoms with Gasteiger partial charge >= 0.3 is 5.97 Å². The van der Waals surface area contributed by atoms with E-state index in [1.807, 2.05) is 60.2 Å². The summed E-state index contributed by atoms with van der Waals surface area (Å²) < 4.78 is 7.03. The van der Waals surface area contributed by atoms with E-state index < -0.39 is 0 Å². The normalized spacial score (nSPS) is 10.3. The molecule has 0 aliphatic carbocycles. The zero-order valence-electron chi connectivity index (χ0n) is 11.4. The average molecular weight is 291 g/mol. The number of halogens is 1. The molecule has 0 atom stereocenters. The van der Waals surface area contributed by atoms with Crippen molar-refractivity contribution < 1.29 is 14.1 Å². The summed E-state index contributed by atoms with van der Waals surface area (Å²) in [6, 6.07) is 13.5. The van der Waals surface area contributed by atoms with E-state index in [9.17, 15) is 4.79 Å². The fourth-order valence-electron chi connectivity index (χ4n) is 2.02. The minimum atomic E-state index is -0.210. The van der Waals surface area contributed by atoms with Gasteiger partial charge in [-0.05, 0) is 19.1 Å². The third-order valence-corrected chi connectivity index (χ3v) is 3.14. The minimum Gasteiger partial charge on any atom is -0.466 e. The lowest BCUT2D eigenvalue weighted by Crippen LogP contribution is -2.39. The summed E-state index contributed by atoms with van der Waals surface area (Å²) in [6.07, 6.45) is 2.23. The number of rotatable bonds is 5. The SMILES string of the molecule is CCOC(=O)Cc1cccc[n+]1Cc1cccc(Cl)c1. The fraction of sp³-hybridized carbons (Fsp3) is 0.250. The van der Waals surface area contributed by atoms with Gasteiger partial charge < -0.3 is 4.74 Å². The van der Waals surface area contributed by atoms with E-state index in [0.717, 1.165) is 11.3 Å². The molecule has 0 saturated heterocycles. The van der Waals surface area contributed by atoms with Gasteiger partial charge in [-0.15, -0.1) is 0 Å². The van der Waals surface area contributed by atoms with Crippen molar-refractivity contribution >= 4 is 17.6 Å². The molecule has 104 valence electrons. The number of esters is 1. The van der Waals surface area contributed by atoms with Crippen LogP contribution in [0.2, 0.25) is 5.02 Å². The Morgan fingerprint density at radius 2 is 2.10 bits per heavy atom. The molecule has 0 N–H and O–H groups in total. The van der Waals surface area contributed by atoms with Gasteiger partial charge in [0.1, 0.15) is 6.42 Å². The van der Waals surface area contributed by atoms with Crippen molar-refractivity contribution in [2.75, 3.05) is 6.61 Å². The molecule has 1 heterocycles. The van der Waals surface area contributed by atoms with Crippen LogP contribution >= 0.6 is 11.6 Å². The molecule has 0 radical (unpaired) electrons. The van der Waals surface area contributed by atoms with Crippen molar-refractivity contribution in [1.29, 1.82) is 0 Å². The third-order valence-electron chi connectivity index (χ3n) is 2.91. The van der Waals surface area contributed by atoms with Gasteiger partial charge in [0.15, 0.2) is 18.4 Å². The molecule has 3 nitrogen and oxygen atoms in total. The van der Waals surface area contributed by atoms with Crippen LogP contribution in [0.3, 0.4) is 0 Å². The largest absolute Gasteiger partial charge is 0.466 e. The van der Waals surface area contributed by atoms with Crippen molar-refractivity contribution in [3.8, 4) is 0 Å². The molecule has 2 rings (SSSR count). The highest BCUT2D eigenvalue weighted by Crippen LogP contribution is 2.10. The highest BCUT2D eigenvalue weighted by atomic mass is 35.5. The standard InChI is InChI=1S/C16H17ClNO2/c1-2-20-16(19)11-15-8-3-4-9-18(15)12-13-6-5-7-14(17)10-13/h3-10H,2,11-12H2,1H3/q+1. The Morgan fingerprint density at radius 1 is 1.25 bits per heavy atom. The summed E-state index contributed by atoms with van der Waals surface area (Å²) in [7, 11) is 0. The van der Waals surface area contributed by atoms with Gasteiger partial charge in [-0.3, -0.25) is 4.79 Å². The molecule has 0 fully saturated rings. The Hall–Kier alpha value is -1.87. The van der Waals surface area contributed by atoms with E-state index in [-0.39, 0.29) is 12.4 Å². The molecular formula is C16H17ClNO2+. The van der Waals surface area contributed by atoms with Gasteiger partial charge in [0.05, 0.1) is 6.61 Å². The second-order valence-electron chi connectivity index (χ2n) is 4.43. The molecule has 0 spiro atoms. The number of carbonyl (C=O) groups excluding carboxylic acids is 1. The Kier molecular flexibility index (Phi) is 5.13. The van der Waals surface area contributed by atoms with Crippen LogP contribution in [0.1, 0.15) is 18.2 Å². The first-order chi connectivity index (χ1) is 9.69. The van der Waals surface area contributed by atoms with Crippen LogP contribution in [0.15, 0.2) is 48.7 Å². The predicted octanol–water partition coefficient (Wildman–Crippen LogP) is 2.78. The van der Waals surface area contributed by atoms with Crippen LogP contribution in [0, 0.1) is 0 Å². The van der Waals surface area contributed by atoms with Crippen LogP contribution < -0.4 is 4.57 Å². The molecule has 0 saturated carbocycles. The van der Waals surface area contributed by atoms with Crippen molar-refractivity contribution in [1.82, 2.24) is 0 Å². The van der Waals surface area contributed by atoms with Crippen LogP contribution in [-0.2, 0) is 22.5 Å². The van der Waals surface area contributed by atoms with Crippen LogP contribution in [-0.4, -0.2) is 12.6 Å². The minimum absolute atomic E-state index is 0.210. The Morgan fingerprint density at radius 3 is 2.85 bits per heavy atom. The van der Waals surface area contributed by atoms with E-state index in [1.165, 1.54) is 0 Å². The fourth-order valence-corrected chi connectivity index (χ4v) is 2.23. The molecule has 2 aromatic rings. The summed E-state index contributed by atoms with van der Waals surface area (Å²) in [4.78, 5) is 11.6. The van der Waals surface area contributed by atoms with E-state index in [0.29, 0.717) is 18.2 Å². The Bertz CT molecular complexity index is 599. The summed E-state index contributed by atoms with van der Waals surface area (Å²) in [5, 5.41) is 0.714. The van der Waals surface area contributed by atoms with Gasteiger partial charge in [-0.2, -0.15) is 4.57 Å². The van der Waals surface area contributed by atoms with Gasteiger partial charge in [0, 0.05) is 22.7 Å². The monoisotopic (exact) mass is 290 g/mol. The third kappa shape index (κ3) is 4.07. The van der Waals surface area contributed by atoms with Crippen molar-refractivity contribution in [3.63, 3.8) is 0 Å². The van der Waals surface area contributed by atoms with Gasteiger partial charge in [0.25, 0.3) is 0 Å². The van der Waals surface area contributed by atoms with E-state index >= 15 is 0 Å². The second-order valence-corrected chi connectivity index (χ2v) is 4.87. The molecule has 0 aliphatic heterocycles. The first-order valence-electron chi connectivity index (χ1n) is 6.56. The molecule has 0 aliphatic rings. The van der Waals surface area contributed by atoms with E-state index in [1.54, 1.807) is 0 Å². The molecule has 0 unspecified atom stereocenters. The van der Waals surface area contributed by atoms with Gasteiger partial charge in [0.2, 0.25) is 0 Å². The summed E-state index contributed by atoms with van der Waals surface area (Å²) >= 11 is 5.99. The first-order valence-corrected chi connectivity index (χ1v) is 6.94. The molecule has 0 bridgehead atoms. The number of aromatic nitrogens is 1. The van der Waals surface area contributed by atoms with Gasteiger partial charge in [-0.25, -0.2) is 0 Å².